The molecule has 0 fully saturated rings. The summed E-state index contributed by atoms with van der Waals surface area (Å²) < 4.78 is 11.2. The maximum atomic E-state index is 10.3. The average molecular weight is 183 g/mol. The van der Waals surface area contributed by atoms with Gasteiger partial charge in [0.25, 0.3) is 0 Å². The number of benzene rings is 1. The molecule has 2 nitrogen and oxygen atoms in total. The first-order valence-corrected chi connectivity index (χ1v) is 4.22. The van der Waals surface area contributed by atoms with Gasteiger partial charge in [-0.25, -0.2) is 0 Å². The zero-order valence-corrected chi connectivity index (χ0v) is 6.62. The second kappa shape index (κ2) is 2.79. The monoisotopic (exact) mass is 183 g/mol. The molecule has 0 spiro atoms. The van der Waals surface area contributed by atoms with Crippen LogP contribution >= 0.6 is 0 Å². The van der Waals surface area contributed by atoms with Crippen molar-refractivity contribution in [1.29, 1.82) is 0 Å². The summed E-state index contributed by atoms with van der Waals surface area (Å²) in [6, 6.07) is 7.12. The topological polar surface area (TPSA) is 43.1 Å². The second-order valence-corrected chi connectivity index (χ2v) is 3.15. The quantitative estimate of drug-likeness (QED) is 0.489. The van der Waals surface area contributed by atoms with Gasteiger partial charge in [-0.1, -0.05) is 0 Å². The van der Waals surface area contributed by atoms with Crippen LogP contribution < -0.4 is 10.1 Å². The van der Waals surface area contributed by atoms with E-state index in [1.807, 2.05) is 6.07 Å². The van der Waals surface area contributed by atoms with Crippen molar-refractivity contribution in [3.63, 3.8) is 0 Å². The summed E-state index contributed by atoms with van der Waals surface area (Å²) in [5, 5.41) is 0. The molecule has 0 aliphatic heterocycles. The normalized spacial score (nSPS) is 9.78. The average Bonchev–Trinajstić information content (AvgIpc) is 1.88. The molecule has 0 saturated heterocycles. The predicted molar refractivity (Wildman–Crippen MR) is 36.9 cm³/mol. The molecule has 2 N–H and O–H groups in total. The van der Waals surface area contributed by atoms with Gasteiger partial charge >= 0.3 is 59.5 Å². The van der Waals surface area contributed by atoms with Gasteiger partial charge in [0.1, 0.15) is 0 Å². The molecular weight excluding hydrogens is 177 g/mol. The summed E-state index contributed by atoms with van der Waals surface area (Å²) in [6.07, 6.45) is 0. The molecule has 0 aliphatic rings. The minimum atomic E-state index is -0.912. The third-order valence-corrected chi connectivity index (χ3v) is 2.00. The molecule has 0 amide bonds. The Balaban J connectivity index is 3.07. The van der Waals surface area contributed by atoms with Gasteiger partial charge in [0.2, 0.25) is 0 Å². The molecule has 0 aromatic heterocycles. The molecule has 0 saturated carbocycles. The maximum absolute atomic E-state index is 10.3. The molecule has 0 atom stereocenters. The van der Waals surface area contributed by atoms with E-state index in [-0.39, 0.29) is 0 Å². The molecule has 1 rings (SSSR count). The summed E-state index contributed by atoms with van der Waals surface area (Å²) in [4.78, 5) is 0. The first kappa shape index (κ1) is 6.50. The Bertz CT molecular complexity index is 224. The Kier molecular flexibility index (Phi) is 2.01. The molecule has 0 radical (unpaired) electrons. The Morgan fingerprint density at radius 1 is 1.44 bits per heavy atom. The van der Waals surface area contributed by atoms with Crippen molar-refractivity contribution in [2.45, 2.75) is 0 Å². The van der Waals surface area contributed by atoms with E-state index in [4.69, 9.17) is 5.73 Å². The van der Waals surface area contributed by atoms with Crippen LogP contribution in [0, 0.1) is 0 Å². The van der Waals surface area contributed by atoms with E-state index in [0.717, 1.165) is 4.35 Å². The van der Waals surface area contributed by atoms with Gasteiger partial charge in [-0.3, -0.25) is 0 Å². The molecule has 0 heterocycles. The summed E-state index contributed by atoms with van der Waals surface area (Å²) >= 11 is -0.912. The zero-order valence-electron chi connectivity index (χ0n) is 4.74. The number of nitrogens with two attached hydrogens (primary N) is 1. The van der Waals surface area contributed by atoms with Crippen molar-refractivity contribution in [3.05, 3.63) is 24.3 Å². The van der Waals surface area contributed by atoms with Crippen molar-refractivity contribution in [2.75, 3.05) is 5.73 Å². The number of rotatable bonds is 1. The van der Waals surface area contributed by atoms with Crippen LogP contribution in [0.25, 0.3) is 0 Å². The van der Waals surface area contributed by atoms with E-state index in [1.165, 1.54) is 0 Å². The van der Waals surface area contributed by atoms with Crippen molar-refractivity contribution < 1.29 is 3.74 Å². The number of nitrogen functional groups attached to an aromatic ring is 1. The fourth-order valence-electron chi connectivity index (χ4n) is 0.582. The van der Waals surface area contributed by atoms with Crippen LogP contribution in [-0.2, 0) is 3.74 Å². The Labute approximate surface area is 60.0 Å². The van der Waals surface area contributed by atoms with Crippen LogP contribution in [0.5, 0.6) is 0 Å². The molecule has 1 aromatic carbocycles. The molecule has 46 valence electrons. The Morgan fingerprint density at radius 2 is 2.22 bits per heavy atom. The molecule has 1 aromatic rings. The third kappa shape index (κ3) is 1.65. The van der Waals surface area contributed by atoms with Crippen LogP contribution in [0.4, 0.5) is 5.69 Å². The van der Waals surface area contributed by atoms with Gasteiger partial charge in [-0.05, 0) is 0 Å². The fourth-order valence-corrected chi connectivity index (χ4v) is 1.31. The van der Waals surface area contributed by atoms with E-state index >= 15 is 0 Å². The van der Waals surface area contributed by atoms with Crippen molar-refractivity contribution in [1.82, 2.24) is 0 Å². The van der Waals surface area contributed by atoms with E-state index in [0.29, 0.717) is 5.69 Å². The van der Waals surface area contributed by atoms with E-state index < -0.39 is 15.7 Å². The molecular formula is C6H6AsNO. The van der Waals surface area contributed by atoms with Gasteiger partial charge in [0.15, 0.2) is 0 Å². The fraction of sp³-hybridized carbons (Fsp3) is 0. The number of hydrogen-bond acceptors (Lipinski definition) is 2. The summed E-state index contributed by atoms with van der Waals surface area (Å²) in [6.45, 7) is 0. The SMILES string of the molecule is Nc1cccc([As]=O)c1. The van der Waals surface area contributed by atoms with Crippen LogP contribution in [0.2, 0.25) is 0 Å². The molecule has 0 aliphatic carbocycles. The van der Waals surface area contributed by atoms with Crippen molar-refractivity contribution >= 4 is 25.7 Å². The van der Waals surface area contributed by atoms with E-state index in [9.17, 15) is 3.74 Å². The first-order chi connectivity index (χ1) is 4.33. The molecule has 3 heteroatoms. The minimum absolute atomic E-state index is 0.679. The first-order valence-electron chi connectivity index (χ1n) is 2.52. The summed E-state index contributed by atoms with van der Waals surface area (Å²) in [7, 11) is 0. The zero-order chi connectivity index (χ0) is 6.69. The van der Waals surface area contributed by atoms with Crippen LogP contribution in [0.1, 0.15) is 0 Å². The van der Waals surface area contributed by atoms with Crippen molar-refractivity contribution in [2.24, 2.45) is 0 Å². The summed E-state index contributed by atoms with van der Waals surface area (Å²) in [5.41, 5.74) is 6.09. The van der Waals surface area contributed by atoms with E-state index in [2.05, 4.69) is 0 Å². The standard InChI is InChI=1S/C6H6AsNO/c8-6-3-1-2-5(4-6)7-9/h1-4H,8H2. The Hall–Kier alpha value is -0.622. The number of anilines is 1. The van der Waals surface area contributed by atoms with Crippen molar-refractivity contribution in [3.8, 4) is 0 Å². The number of hydrogen-bond donors (Lipinski definition) is 1. The predicted octanol–water partition coefficient (Wildman–Crippen LogP) is -0.0562. The van der Waals surface area contributed by atoms with Gasteiger partial charge in [-0.2, -0.15) is 0 Å². The molecule has 0 bridgehead atoms. The van der Waals surface area contributed by atoms with Gasteiger partial charge in [-0.15, -0.1) is 0 Å². The van der Waals surface area contributed by atoms with Crippen LogP contribution in [0.15, 0.2) is 24.3 Å². The van der Waals surface area contributed by atoms with Gasteiger partial charge < -0.3 is 0 Å². The van der Waals surface area contributed by atoms with Crippen LogP contribution in [-0.4, -0.2) is 15.7 Å². The van der Waals surface area contributed by atoms with Gasteiger partial charge in [0.05, 0.1) is 0 Å². The molecule has 9 heavy (non-hydrogen) atoms. The summed E-state index contributed by atoms with van der Waals surface area (Å²) in [5.74, 6) is 0. The third-order valence-electron chi connectivity index (χ3n) is 0.976. The van der Waals surface area contributed by atoms with E-state index in [1.54, 1.807) is 18.2 Å². The molecule has 0 unspecified atom stereocenters. The van der Waals surface area contributed by atoms with Crippen LogP contribution in [0.3, 0.4) is 0 Å². The second-order valence-electron chi connectivity index (χ2n) is 1.69. The van der Waals surface area contributed by atoms with Gasteiger partial charge in [0, 0.05) is 0 Å². The Morgan fingerprint density at radius 3 is 2.67 bits per heavy atom.